The van der Waals surface area contributed by atoms with Crippen LogP contribution in [0.1, 0.15) is 31.9 Å². The summed E-state index contributed by atoms with van der Waals surface area (Å²) in [6, 6.07) is 12.4. The lowest BCUT2D eigenvalue weighted by Gasteiger charge is -2.28. The lowest BCUT2D eigenvalue weighted by atomic mass is 10.2. The Hall–Kier alpha value is -0.603. The summed E-state index contributed by atoms with van der Waals surface area (Å²) >= 11 is 0. The first kappa shape index (κ1) is 13.5. The molecule has 90 valence electrons. The molecule has 0 aliphatic rings. The number of hydrogen-bond donors (Lipinski definition) is 0. The van der Waals surface area contributed by atoms with E-state index in [1.165, 1.54) is 29.3 Å². The van der Waals surface area contributed by atoms with E-state index in [1.54, 1.807) is 0 Å². The third kappa shape index (κ3) is 3.46. The molecule has 0 atom stereocenters. The molecule has 0 radical (unpaired) electrons. The molecular weight excluding hydrogens is 212 g/mol. The third-order valence-electron chi connectivity index (χ3n) is 3.60. The average molecular weight is 236 g/mol. The molecule has 0 spiro atoms. The molecule has 0 aliphatic heterocycles. The second kappa shape index (κ2) is 6.21. The zero-order valence-electron chi connectivity index (χ0n) is 11.0. The summed E-state index contributed by atoms with van der Waals surface area (Å²) in [6.45, 7) is 9.73. The largest absolute Gasteiger partial charge is 0.413 e. The Morgan fingerprint density at radius 1 is 0.938 bits per heavy atom. The van der Waals surface area contributed by atoms with Gasteiger partial charge in [0, 0.05) is 0 Å². The van der Waals surface area contributed by atoms with Crippen LogP contribution in [0.4, 0.5) is 0 Å². The molecule has 0 saturated carbocycles. The van der Waals surface area contributed by atoms with Crippen LogP contribution in [0.25, 0.3) is 0 Å². The van der Waals surface area contributed by atoms with Gasteiger partial charge in [0.1, 0.15) is 0 Å². The summed E-state index contributed by atoms with van der Waals surface area (Å²) < 4.78 is 6.24. The van der Waals surface area contributed by atoms with Crippen LogP contribution in [0.3, 0.4) is 0 Å². The van der Waals surface area contributed by atoms with Gasteiger partial charge >= 0.3 is 0 Å². The first-order valence-electron chi connectivity index (χ1n) is 6.35. The molecule has 2 heteroatoms. The second-order valence-corrected chi connectivity index (χ2v) is 9.29. The third-order valence-corrected chi connectivity index (χ3v) is 8.22. The molecule has 0 bridgehead atoms. The Bertz CT molecular complexity index is 293. The monoisotopic (exact) mass is 236 g/mol. The van der Waals surface area contributed by atoms with Crippen LogP contribution in [-0.4, -0.2) is 8.32 Å². The predicted octanol–water partition coefficient (Wildman–Crippen LogP) is 4.52. The van der Waals surface area contributed by atoms with Gasteiger partial charge in [-0.1, -0.05) is 50.6 Å². The van der Waals surface area contributed by atoms with Crippen molar-refractivity contribution in [1.82, 2.24) is 0 Å². The smallest absolute Gasteiger partial charge is 0.192 e. The quantitative estimate of drug-likeness (QED) is 0.660. The molecular formula is C14H24OSi. The number of benzene rings is 1. The molecule has 0 unspecified atom stereocenters. The van der Waals surface area contributed by atoms with E-state index >= 15 is 0 Å². The molecule has 0 aromatic heterocycles. The SMILES string of the molecule is CC[Si](CC)(CC)OCc1ccc(C)cc1. The number of hydrogen-bond acceptors (Lipinski definition) is 1. The van der Waals surface area contributed by atoms with Gasteiger partial charge in [-0.3, -0.25) is 0 Å². The van der Waals surface area contributed by atoms with E-state index in [4.69, 9.17) is 4.43 Å². The van der Waals surface area contributed by atoms with Crippen molar-refractivity contribution in [2.75, 3.05) is 0 Å². The summed E-state index contributed by atoms with van der Waals surface area (Å²) in [5, 5.41) is 0. The van der Waals surface area contributed by atoms with E-state index < -0.39 is 8.32 Å². The van der Waals surface area contributed by atoms with Crippen molar-refractivity contribution >= 4 is 8.32 Å². The minimum atomic E-state index is -1.41. The van der Waals surface area contributed by atoms with Gasteiger partial charge in [-0.05, 0) is 30.6 Å². The summed E-state index contributed by atoms with van der Waals surface area (Å²) in [5.74, 6) is 0. The highest BCUT2D eigenvalue weighted by molar-refractivity contribution is 6.73. The van der Waals surface area contributed by atoms with E-state index in [9.17, 15) is 0 Å². The second-order valence-electron chi connectivity index (χ2n) is 4.52. The fourth-order valence-corrected chi connectivity index (χ4v) is 4.56. The maximum Gasteiger partial charge on any atom is 0.192 e. The van der Waals surface area contributed by atoms with Crippen LogP contribution < -0.4 is 0 Å². The number of aryl methyl sites for hydroxylation is 1. The highest BCUT2D eigenvalue weighted by Gasteiger charge is 2.28. The molecule has 1 aromatic carbocycles. The van der Waals surface area contributed by atoms with Crippen molar-refractivity contribution in [3.63, 3.8) is 0 Å². The molecule has 0 fully saturated rings. The van der Waals surface area contributed by atoms with Gasteiger partial charge in [-0.2, -0.15) is 0 Å². The first-order chi connectivity index (χ1) is 7.65. The molecule has 0 saturated heterocycles. The van der Waals surface area contributed by atoms with Gasteiger partial charge in [0.25, 0.3) is 0 Å². The van der Waals surface area contributed by atoms with Crippen molar-refractivity contribution < 1.29 is 4.43 Å². The Morgan fingerprint density at radius 2 is 1.44 bits per heavy atom. The minimum Gasteiger partial charge on any atom is -0.413 e. The van der Waals surface area contributed by atoms with Crippen molar-refractivity contribution in [2.24, 2.45) is 0 Å². The molecule has 1 rings (SSSR count). The minimum absolute atomic E-state index is 0.794. The van der Waals surface area contributed by atoms with Crippen LogP contribution in [0, 0.1) is 6.92 Å². The predicted molar refractivity (Wildman–Crippen MR) is 73.2 cm³/mol. The van der Waals surface area contributed by atoms with Crippen LogP contribution in [-0.2, 0) is 11.0 Å². The van der Waals surface area contributed by atoms with Gasteiger partial charge in [0.05, 0.1) is 6.61 Å². The highest BCUT2D eigenvalue weighted by atomic mass is 28.4. The summed E-state index contributed by atoms with van der Waals surface area (Å²) in [6.07, 6.45) is 0. The summed E-state index contributed by atoms with van der Waals surface area (Å²) in [4.78, 5) is 0. The van der Waals surface area contributed by atoms with E-state index in [1.807, 2.05) is 0 Å². The van der Waals surface area contributed by atoms with Crippen LogP contribution in [0.2, 0.25) is 18.1 Å². The van der Waals surface area contributed by atoms with E-state index in [0.717, 1.165) is 6.61 Å². The van der Waals surface area contributed by atoms with Gasteiger partial charge in [0.15, 0.2) is 8.32 Å². The molecule has 0 heterocycles. The van der Waals surface area contributed by atoms with Crippen molar-refractivity contribution in [3.8, 4) is 0 Å². The van der Waals surface area contributed by atoms with Crippen LogP contribution in [0.15, 0.2) is 24.3 Å². The molecule has 0 N–H and O–H groups in total. The van der Waals surface area contributed by atoms with Crippen molar-refractivity contribution in [1.29, 1.82) is 0 Å². The lowest BCUT2D eigenvalue weighted by molar-refractivity contribution is 0.287. The summed E-state index contributed by atoms with van der Waals surface area (Å²) in [7, 11) is -1.41. The maximum atomic E-state index is 6.24. The topological polar surface area (TPSA) is 9.23 Å². The van der Waals surface area contributed by atoms with Gasteiger partial charge in [0.2, 0.25) is 0 Å². The average Bonchev–Trinajstić information content (AvgIpc) is 2.34. The fraction of sp³-hybridized carbons (Fsp3) is 0.571. The Balaban J connectivity index is 2.58. The molecule has 1 aromatic rings. The molecule has 0 amide bonds. The van der Waals surface area contributed by atoms with E-state index in [-0.39, 0.29) is 0 Å². The van der Waals surface area contributed by atoms with Crippen molar-refractivity contribution in [2.45, 2.75) is 52.4 Å². The van der Waals surface area contributed by atoms with E-state index in [2.05, 4.69) is 52.0 Å². The number of rotatable bonds is 6. The van der Waals surface area contributed by atoms with E-state index in [0.29, 0.717) is 0 Å². The Morgan fingerprint density at radius 3 is 1.88 bits per heavy atom. The lowest BCUT2D eigenvalue weighted by Crippen LogP contribution is -2.35. The Kier molecular flexibility index (Phi) is 5.23. The van der Waals surface area contributed by atoms with Crippen LogP contribution >= 0.6 is 0 Å². The normalized spacial score (nSPS) is 11.8. The van der Waals surface area contributed by atoms with Gasteiger partial charge in [-0.15, -0.1) is 0 Å². The Labute approximate surface area is 101 Å². The molecule has 0 aliphatic carbocycles. The molecule has 16 heavy (non-hydrogen) atoms. The standard InChI is InChI=1S/C14H24OSi/c1-5-16(6-2,7-3)15-12-14-10-8-13(4)9-11-14/h8-11H,5-7,12H2,1-4H3. The molecule has 1 nitrogen and oxygen atoms in total. The van der Waals surface area contributed by atoms with Gasteiger partial charge < -0.3 is 4.43 Å². The highest BCUT2D eigenvalue weighted by Crippen LogP contribution is 2.23. The summed E-state index contributed by atoms with van der Waals surface area (Å²) in [5.41, 5.74) is 2.62. The zero-order valence-corrected chi connectivity index (χ0v) is 12.0. The van der Waals surface area contributed by atoms with Gasteiger partial charge in [-0.25, -0.2) is 0 Å². The van der Waals surface area contributed by atoms with Crippen molar-refractivity contribution in [3.05, 3.63) is 35.4 Å². The first-order valence-corrected chi connectivity index (χ1v) is 8.88. The zero-order chi connectivity index (χ0) is 12.0. The maximum absolute atomic E-state index is 6.24. The fourth-order valence-electron chi connectivity index (χ4n) is 1.98. The van der Waals surface area contributed by atoms with Crippen LogP contribution in [0.5, 0.6) is 0 Å².